The summed E-state index contributed by atoms with van der Waals surface area (Å²) in [5.74, 6) is 2.59. The summed E-state index contributed by atoms with van der Waals surface area (Å²) in [5.41, 5.74) is 2.20. The van der Waals surface area contributed by atoms with Crippen LogP contribution in [0.25, 0.3) is 11.0 Å². The summed E-state index contributed by atoms with van der Waals surface area (Å²) >= 11 is 0. The van der Waals surface area contributed by atoms with Crippen molar-refractivity contribution < 1.29 is 8.63 Å². The SMILES string of the molecule is CNCc1c(CN2CCS(=O)CC2)oc2ccccc12. The zero-order chi connectivity index (χ0) is 13.9. The van der Waals surface area contributed by atoms with E-state index in [0.29, 0.717) is 0 Å². The smallest absolute Gasteiger partial charge is 0.134 e. The Bertz CT molecular complexity index is 613. The molecule has 1 aliphatic heterocycles. The van der Waals surface area contributed by atoms with Crippen molar-refractivity contribution in [3.05, 3.63) is 35.6 Å². The Hall–Kier alpha value is -1.17. The third-order valence-electron chi connectivity index (χ3n) is 3.77. The standard InChI is InChI=1S/C15H20N2O2S/c1-16-10-13-12-4-2-3-5-14(12)19-15(13)11-17-6-8-20(18)9-7-17/h2-5,16H,6-11H2,1H3. The average Bonchev–Trinajstić information content (AvgIpc) is 2.80. The molecular weight excluding hydrogens is 272 g/mol. The molecule has 3 rings (SSSR count). The lowest BCUT2D eigenvalue weighted by Crippen LogP contribution is -2.37. The Morgan fingerprint density at radius 2 is 2.05 bits per heavy atom. The number of nitrogens with zero attached hydrogens (tertiary/aromatic N) is 1. The van der Waals surface area contributed by atoms with E-state index in [4.69, 9.17) is 4.42 Å². The van der Waals surface area contributed by atoms with Gasteiger partial charge in [0.2, 0.25) is 0 Å². The summed E-state index contributed by atoms with van der Waals surface area (Å²) in [6, 6.07) is 8.18. The summed E-state index contributed by atoms with van der Waals surface area (Å²) in [7, 11) is 1.33. The molecule has 1 N–H and O–H groups in total. The summed E-state index contributed by atoms with van der Waals surface area (Å²) in [4.78, 5) is 2.33. The number of furan rings is 1. The maximum absolute atomic E-state index is 11.4. The molecule has 0 amide bonds. The Labute approximate surface area is 121 Å². The summed E-state index contributed by atoms with van der Waals surface area (Å²) < 4.78 is 17.4. The molecule has 1 aromatic carbocycles. The van der Waals surface area contributed by atoms with E-state index in [-0.39, 0.29) is 0 Å². The van der Waals surface area contributed by atoms with Crippen LogP contribution in [0.4, 0.5) is 0 Å². The highest BCUT2D eigenvalue weighted by Gasteiger charge is 2.20. The van der Waals surface area contributed by atoms with Gasteiger partial charge in [0.05, 0.1) is 6.54 Å². The van der Waals surface area contributed by atoms with Crippen molar-refractivity contribution in [2.45, 2.75) is 13.1 Å². The van der Waals surface area contributed by atoms with Gasteiger partial charge in [-0.3, -0.25) is 9.11 Å². The molecule has 20 heavy (non-hydrogen) atoms. The van der Waals surface area contributed by atoms with Crippen molar-refractivity contribution in [3.8, 4) is 0 Å². The number of para-hydroxylation sites is 1. The molecule has 1 fully saturated rings. The summed E-state index contributed by atoms with van der Waals surface area (Å²) in [6.45, 7) is 3.40. The minimum absolute atomic E-state index is 0.627. The van der Waals surface area contributed by atoms with Gasteiger partial charge in [0.1, 0.15) is 11.3 Å². The number of benzene rings is 1. The molecule has 1 saturated heterocycles. The van der Waals surface area contributed by atoms with Gasteiger partial charge in [-0.2, -0.15) is 0 Å². The van der Waals surface area contributed by atoms with E-state index in [2.05, 4.69) is 16.3 Å². The molecule has 108 valence electrons. The molecule has 2 heterocycles. The maximum Gasteiger partial charge on any atom is 0.134 e. The Morgan fingerprint density at radius 3 is 2.80 bits per heavy atom. The van der Waals surface area contributed by atoms with E-state index in [0.717, 1.165) is 49.0 Å². The van der Waals surface area contributed by atoms with Gasteiger partial charge in [-0.15, -0.1) is 0 Å². The Kier molecular flexibility index (Phi) is 4.19. The predicted molar refractivity (Wildman–Crippen MR) is 82.1 cm³/mol. The lowest BCUT2D eigenvalue weighted by atomic mass is 10.1. The maximum atomic E-state index is 11.4. The molecule has 1 aliphatic rings. The molecule has 4 nitrogen and oxygen atoms in total. The first kappa shape index (κ1) is 13.8. The largest absolute Gasteiger partial charge is 0.459 e. The molecule has 0 aliphatic carbocycles. The van der Waals surface area contributed by atoms with E-state index < -0.39 is 10.8 Å². The van der Waals surface area contributed by atoms with Gasteiger partial charge >= 0.3 is 0 Å². The first-order valence-corrected chi connectivity index (χ1v) is 8.48. The monoisotopic (exact) mass is 292 g/mol. The highest BCUT2D eigenvalue weighted by Crippen LogP contribution is 2.27. The number of nitrogens with one attached hydrogen (secondary N) is 1. The summed E-state index contributed by atoms with van der Waals surface area (Å²) in [6.07, 6.45) is 0. The highest BCUT2D eigenvalue weighted by molar-refractivity contribution is 7.85. The zero-order valence-electron chi connectivity index (χ0n) is 11.7. The van der Waals surface area contributed by atoms with E-state index >= 15 is 0 Å². The number of hydrogen-bond donors (Lipinski definition) is 1. The molecular formula is C15H20N2O2S. The fraction of sp³-hybridized carbons (Fsp3) is 0.467. The van der Waals surface area contributed by atoms with Crippen LogP contribution in [0.15, 0.2) is 28.7 Å². The van der Waals surface area contributed by atoms with Gasteiger partial charge in [0.15, 0.2) is 0 Å². The number of hydrogen-bond acceptors (Lipinski definition) is 4. The van der Waals surface area contributed by atoms with E-state index in [9.17, 15) is 4.21 Å². The molecule has 0 saturated carbocycles. The van der Waals surface area contributed by atoms with Crippen LogP contribution >= 0.6 is 0 Å². The highest BCUT2D eigenvalue weighted by atomic mass is 32.2. The number of rotatable bonds is 4. The third kappa shape index (κ3) is 2.80. The van der Waals surface area contributed by atoms with Crippen LogP contribution in [0.2, 0.25) is 0 Å². The van der Waals surface area contributed by atoms with Gasteiger partial charge in [-0.05, 0) is 13.1 Å². The average molecular weight is 292 g/mol. The van der Waals surface area contributed by atoms with Crippen LogP contribution in [0, 0.1) is 0 Å². The third-order valence-corrected chi connectivity index (χ3v) is 5.05. The molecule has 0 atom stereocenters. The molecule has 1 aromatic heterocycles. The van der Waals surface area contributed by atoms with Crippen LogP contribution in [-0.2, 0) is 23.9 Å². The van der Waals surface area contributed by atoms with E-state index in [1.807, 2.05) is 25.2 Å². The second kappa shape index (κ2) is 6.08. The van der Waals surface area contributed by atoms with Crippen molar-refractivity contribution in [1.29, 1.82) is 0 Å². The zero-order valence-corrected chi connectivity index (χ0v) is 12.5. The van der Waals surface area contributed by atoms with Crippen LogP contribution in [0.3, 0.4) is 0 Å². The molecule has 0 unspecified atom stereocenters. The first-order valence-electron chi connectivity index (χ1n) is 6.99. The van der Waals surface area contributed by atoms with Crippen molar-refractivity contribution >= 4 is 21.8 Å². The van der Waals surface area contributed by atoms with Crippen molar-refractivity contribution in [2.24, 2.45) is 0 Å². The quantitative estimate of drug-likeness (QED) is 0.932. The Balaban J connectivity index is 1.86. The molecule has 0 radical (unpaired) electrons. The van der Waals surface area contributed by atoms with Crippen LogP contribution in [-0.4, -0.2) is 40.8 Å². The first-order chi connectivity index (χ1) is 9.78. The van der Waals surface area contributed by atoms with Crippen molar-refractivity contribution in [2.75, 3.05) is 31.6 Å². The minimum Gasteiger partial charge on any atom is -0.459 e. The second-order valence-electron chi connectivity index (χ2n) is 5.15. The van der Waals surface area contributed by atoms with Gasteiger partial charge in [-0.25, -0.2) is 0 Å². The Morgan fingerprint density at radius 1 is 1.30 bits per heavy atom. The van der Waals surface area contributed by atoms with E-state index in [1.54, 1.807) is 0 Å². The van der Waals surface area contributed by atoms with Crippen LogP contribution in [0.1, 0.15) is 11.3 Å². The fourth-order valence-corrected chi connectivity index (χ4v) is 3.81. The lowest BCUT2D eigenvalue weighted by Gasteiger charge is -2.25. The number of fused-ring (bicyclic) bond motifs is 1. The topological polar surface area (TPSA) is 45.5 Å². The van der Waals surface area contributed by atoms with Crippen molar-refractivity contribution in [1.82, 2.24) is 10.2 Å². The minimum atomic E-state index is -0.627. The molecule has 0 spiro atoms. The lowest BCUT2D eigenvalue weighted by molar-refractivity contribution is 0.267. The second-order valence-corrected chi connectivity index (χ2v) is 6.85. The van der Waals surface area contributed by atoms with Gasteiger partial charge < -0.3 is 9.73 Å². The van der Waals surface area contributed by atoms with E-state index in [1.165, 1.54) is 10.9 Å². The predicted octanol–water partition coefficient (Wildman–Crippen LogP) is 1.72. The molecule has 2 aromatic rings. The normalized spacial score (nSPS) is 17.9. The molecule has 0 bridgehead atoms. The van der Waals surface area contributed by atoms with Crippen LogP contribution < -0.4 is 5.32 Å². The fourth-order valence-electron chi connectivity index (χ4n) is 2.68. The van der Waals surface area contributed by atoms with Crippen molar-refractivity contribution in [3.63, 3.8) is 0 Å². The summed E-state index contributed by atoms with van der Waals surface area (Å²) in [5, 5.41) is 4.41. The van der Waals surface area contributed by atoms with Gasteiger partial charge in [0, 0.05) is 52.9 Å². The van der Waals surface area contributed by atoms with Crippen LogP contribution in [0.5, 0.6) is 0 Å². The van der Waals surface area contributed by atoms with Gasteiger partial charge in [-0.1, -0.05) is 18.2 Å². The molecule has 5 heteroatoms. The van der Waals surface area contributed by atoms with Gasteiger partial charge in [0.25, 0.3) is 0 Å².